The number of aryl methyl sites for hydroxylation is 1. The van der Waals surface area contributed by atoms with Crippen molar-refractivity contribution in [3.8, 4) is 17.0 Å². The van der Waals surface area contributed by atoms with Gasteiger partial charge in [-0.1, -0.05) is 52.6 Å². The lowest BCUT2D eigenvalue weighted by Crippen LogP contribution is -2.40. The van der Waals surface area contributed by atoms with E-state index >= 15 is 0 Å². The SMILES string of the molecule is Cc1cc(OCc2c(-c3c(Cl)cccc3Cl)noc2C2CC2)ccc1[C@]1(O)C[C@H](c2cccc(C(=O)NS(C)(=O)=O)c2)C1. The first-order valence-corrected chi connectivity index (χ1v) is 16.6. The highest BCUT2D eigenvalue weighted by atomic mass is 35.5. The number of nitrogens with one attached hydrogen (secondary N) is 1. The third kappa shape index (κ3) is 6.17. The summed E-state index contributed by atoms with van der Waals surface area (Å²) in [6.45, 7) is 2.16. The Bertz CT molecular complexity index is 1810. The summed E-state index contributed by atoms with van der Waals surface area (Å²) in [5, 5.41) is 16.8. The third-order valence-electron chi connectivity index (χ3n) is 8.12. The Kier molecular flexibility index (Phi) is 7.79. The minimum Gasteiger partial charge on any atom is -0.489 e. The third-order valence-corrected chi connectivity index (χ3v) is 9.30. The van der Waals surface area contributed by atoms with E-state index in [0.29, 0.717) is 45.8 Å². The van der Waals surface area contributed by atoms with Crippen molar-refractivity contribution >= 4 is 39.1 Å². The molecule has 6 rings (SSSR count). The molecule has 1 aromatic heterocycles. The fourth-order valence-corrected chi connectivity index (χ4v) is 6.86. The summed E-state index contributed by atoms with van der Waals surface area (Å²) < 4.78 is 36.9. The first-order valence-electron chi connectivity index (χ1n) is 13.9. The molecule has 2 N–H and O–H groups in total. The van der Waals surface area contributed by atoms with Crippen LogP contribution in [0.3, 0.4) is 0 Å². The van der Waals surface area contributed by atoms with Crippen LogP contribution in [0, 0.1) is 6.92 Å². The quantitative estimate of drug-likeness (QED) is 0.205. The summed E-state index contributed by atoms with van der Waals surface area (Å²) in [7, 11) is -3.67. The van der Waals surface area contributed by atoms with Gasteiger partial charge in [-0.3, -0.25) is 4.79 Å². The minimum absolute atomic E-state index is 0.0239. The van der Waals surface area contributed by atoms with Gasteiger partial charge in [-0.05, 0) is 91.6 Å². The van der Waals surface area contributed by atoms with Crippen LogP contribution < -0.4 is 9.46 Å². The van der Waals surface area contributed by atoms with E-state index in [1.54, 1.807) is 36.4 Å². The Balaban J connectivity index is 1.16. The van der Waals surface area contributed by atoms with Gasteiger partial charge >= 0.3 is 0 Å². The Morgan fingerprint density at radius 1 is 1.07 bits per heavy atom. The molecular weight excluding hydrogens is 611 g/mol. The van der Waals surface area contributed by atoms with Crippen LogP contribution in [-0.2, 0) is 22.2 Å². The highest BCUT2D eigenvalue weighted by Gasteiger charge is 2.45. The molecule has 4 aromatic rings. The summed E-state index contributed by atoms with van der Waals surface area (Å²) in [4.78, 5) is 12.3. The van der Waals surface area contributed by atoms with E-state index in [2.05, 4.69) is 5.16 Å². The number of rotatable bonds is 9. The molecular formula is C32H30Cl2N2O6S. The van der Waals surface area contributed by atoms with Crippen LogP contribution in [0.15, 0.2) is 65.2 Å². The number of benzene rings is 3. The fourth-order valence-electron chi connectivity index (χ4n) is 5.82. The van der Waals surface area contributed by atoms with Gasteiger partial charge in [-0.25, -0.2) is 13.1 Å². The molecule has 0 spiro atoms. The number of aliphatic hydroxyl groups is 1. The van der Waals surface area contributed by atoms with Crippen LogP contribution >= 0.6 is 23.2 Å². The van der Waals surface area contributed by atoms with Gasteiger partial charge in [-0.15, -0.1) is 0 Å². The van der Waals surface area contributed by atoms with Crippen LogP contribution in [0.25, 0.3) is 11.3 Å². The molecule has 0 saturated heterocycles. The zero-order valence-corrected chi connectivity index (χ0v) is 25.9. The van der Waals surface area contributed by atoms with Gasteiger partial charge in [0, 0.05) is 17.0 Å². The molecule has 2 fully saturated rings. The molecule has 0 aliphatic heterocycles. The lowest BCUT2D eigenvalue weighted by atomic mass is 9.64. The summed E-state index contributed by atoms with van der Waals surface area (Å²) in [5.74, 6) is 1.09. The maximum atomic E-state index is 12.3. The number of carbonyl (C=O) groups is 1. The van der Waals surface area contributed by atoms with Gasteiger partial charge in [0.25, 0.3) is 5.91 Å². The number of hydrogen-bond donors (Lipinski definition) is 2. The van der Waals surface area contributed by atoms with Gasteiger partial charge in [0.1, 0.15) is 23.8 Å². The van der Waals surface area contributed by atoms with Gasteiger partial charge in [0.15, 0.2) is 0 Å². The molecule has 3 aromatic carbocycles. The average Bonchev–Trinajstić information content (AvgIpc) is 3.69. The lowest BCUT2D eigenvalue weighted by molar-refractivity contribution is -0.0555. The maximum Gasteiger partial charge on any atom is 0.264 e. The smallest absolute Gasteiger partial charge is 0.264 e. The van der Waals surface area contributed by atoms with Crippen molar-refractivity contribution < 1.29 is 27.6 Å². The van der Waals surface area contributed by atoms with Crippen molar-refractivity contribution in [1.29, 1.82) is 0 Å². The molecule has 1 heterocycles. The molecule has 8 nitrogen and oxygen atoms in total. The van der Waals surface area contributed by atoms with E-state index in [4.69, 9.17) is 32.5 Å². The fraction of sp³-hybridized carbons (Fsp3) is 0.312. The molecule has 0 atom stereocenters. The van der Waals surface area contributed by atoms with Gasteiger partial charge in [0.2, 0.25) is 10.0 Å². The number of aromatic nitrogens is 1. The van der Waals surface area contributed by atoms with Crippen molar-refractivity contribution in [2.75, 3.05) is 6.26 Å². The molecule has 0 radical (unpaired) electrons. The van der Waals surface area contributed by atoms with Crippen molar-refractivity contribution in [3.05, 3.63) is 104 Å². The van der Waals surface area contributed by atoms with E-state index in [1.165, 1.54) is 0 Å². The molecule has 2 saturated carbocycles. The predicted octanol–water partition coefficient (Wildman–Crippen LogP) is 6.87. The summed E-state index contributed by atoms with van der Waals surface area (Å²) >= 11 is 13.0. The van der Waals surface area contributed by atoms with E-state index in [1.807, 2.05) is 35.9 Å². The highest BCUT2D eigenvalue weighted by molar-refractivity contribution is 7.89. The number of halogens is 2. The van der Waals surface area contributed by atoms with Crippen molar-refractivity contribution in [2.24, 2.45) is 0 Å². The first-order chi connectivity index (χ1) is 20.4. The monoisotopic (exact) mass is 640 g/mol. The second-order valence-corrected chi connectivity index (χ2v) is 14.0. The molecule has 2 aliphatic carbocycles. The van der Waals surface area contributed by atoms with E-state index in [0.717, 1.165) is 47.1 Å². The van der Waals surface area contributed by atoms with E-state index in [-0.39, 0.29) is 18.1 Å². The Hall–Kier alpha value is -3.37. The average molecular weight is 642 g/mol. The molecule has 1 amide bonds. The standard InChI is InChI=1S/C32H30Cl2N2O6S/c1-18-13-23(41-17-24-29(35-42-30(24)19-9-10-19)28-26(33)7-4-8-27(28)34)11-12-25(18)32(38)15-22(16-32)20-5-3-6-21(14-20)31(37)36-43(2,39)40/h3-8,11-14,19,22,38H,9-10,15-17H2,1-2H3,(H,36,37)/t22-,32-. The van der Waals surface area contributed by atoms with Crippen LogP contribution in [0.2, 0.25) is 10.0 Å². The predicted molar refractivity (Wildman–Crippen MR) is 164 cm³/mol. The molecule has 224 valence electrons. The number of amides is 1. The molecule has 43 heavy (non-hydrogen) atoms. The topological polar surface area (TPSA) is 119 Å². The van der Waals surface area contributed by atoms with Crippen LogP contribution in [0.1, 0.15) is 75.9 Å². The van der Waals surface area contributed by atoms with Crippen molar-refractivity contribution in [1.82, 2.24) is 9.88 Å². The first kappa shape index (κ1) is 29.7. The van der Waals surface area contributed by atoms with Crippen LogP contribution in [-0.4, -0.2) is 30.8 Å². The van der Waals surface area contributed by atoms with E-state index < -0.39 is 21.5 Å². The summed E-state index contributed by atoms with van der Waals surface area (Å²) in [6, 6.07) is 17.8. The minimum atomic E-state index is -3.67. The lowest BCUT2D eigenvalue weighted by Gasteiger charge is -2.45. The largest absolute Gasteiger partial charge is 0.489 e. The maximum absolute atomic E-state index is 12.3. The zero-order chi connectivity index (χ0) is 30.5. The Morgan fingerprint density at radius 2 is 1.77 bits per heavy atom. The summed E-state index contributed by atoms with van der Waals surface area (Å²) in [5.41, 5.74) is 3.84. The van der Waals surface area contributed by atoms with Crippen LogP contribution in [0.4, 0.5) is 0 Å². The van der Waals surface area contributed by atoms with Gasteiger partial charge in [-0.2, -0.15) is 0 Å². The van der Waals surface area contributed by atoms with E-state index in [9.17, 15) is 18.3 Å². The molecule has 11 heteroatoms. The van der Waals surface area contributed by atoms with Gasteiger partial charge < -0.3 is 14.4 Å². The second kappa shape index (κ2) is 11.3. The summed E-state index contributed by atoms with van der Waals surface area (Å²) in [6.07, 6.45) is 3.94. The van der Waals surface area contributed by atoms with Crippen molar-refractivity contribution in [2.45, 2.75) is 56.7 Å². The number of ether oxygens (including phenoxy) is 1. The van der Waals surface area contributed by atoms with Crippen molar-refractivity contribution in [3.63, 3.8) is 0 Å². The Morgan fingerprint density at radius 3 is 2.42 bits per heavy atom. The molecule has 0 unspecified atom stereocenters. The number of nitrogens with zero attached hydrogens (tertiary/aromatic N) is 1. The Labute approximate surface area is 260 Å². The molecule has 2 aliphatic rings. The normalized spacial score (nSPS) is 20.0. The molecule has 0 bridgehead atoms. The zero-order valence-electron chi connectivity index (χ0n) is 23.6. The number of sulfonamides is 1. The van der Waals surface area contributed by atoms with Gasteiger partial charge in [0.05, 0.1) is 27.5 Å². The number of hydrogen-bond acceptors (Lipinski definition) is 7. The number of carbonyl (C=O) groups excluding carboxylic acids is 1. The highest BCUT2D eigenvalue weighted by Crippen LogP contribution is 2.52. The van der Waals surface area contributed by atoms with Crippen LogP contribution in [0.5, 0.6) is 5.75 Å². The second-order valence-electron chi connectivity index (χ2n) is 11.5.